The van der Waals surface area contributed by atoms with Crippen LogP contribution in [0.1, 0.15) is 116 Å². The number of aryl methyl sites for hydroxylation is 1. The van der Waals surface area contributed by atoms with Crippen molar-refractivity contribution in [2.75, 3.05) is 13.2 Å². The molecule has 0 N–H and O–H groups in total. The minimum Gasteiger partial charge on any atom is -0.489 e. The van der Waals surface area contributed by atoms with Gasteiger partial charge in [-0.05, 0) is 78.8 Å². The van der Waals surface area contributed by atoms with E-state index in [1.54, 1.807) is 0 Å². The van der Waals surface area contributed by atoms with Crippen LogP contribution < -0.4 is 9.47 Å². The summed E-state index contributed by atoms with van der Waals surface area (Å²) >= 11 is 0. The Morgan fingerprint density at radius 1 is 0.579 bits per heavy atom. The minimum atomic E-state index is 0.553. The molecule has 0 aliphatic carbocycles. The highest BCUT2D eigenvalue weighted by molar-refractivity contribution is 5.66. The van der Waals surface area contributed by atoms with Gasteiger partial charge in [-0.15, -0.1) is 0 Å². The van der Waals surface area contributed by atoms with Gasteiger partial charge in [-0.1, -0.05) is 122 Å². The molecule has 0 fully saturated rings. The van der Waals surface area contributed by atoms with Crippen molar-refractivity contribution in [3.63, 3.8) is 0 Å². The van der Waals surface area contributed by atoms with Crippen LogP contribution in [0.3, 0.4) is 0 Å². The predicted octanol–water partition coefficient (Wildman–Crippen LogP) is 11.3. The molecule has 0 aliphatic heterocycles. The fourth-order valence-corrected chi connectivity index (χ4v) is 4.76. The normalized spacial score (nSPS) is 10.9. The third-order valence-electron chi connectivity index (χ3n) is 7.01. The average Bonchev–Trinajstić information content (AvgIpc) is 2.91. The summed E-state index contributed by atoms with van der Waals surface area (Å²) in [6, 6.07) is 14.9. The molecule has 0 bridgehead atoms. The van der Waals surface area contributed by atoms with E-state index >= 15 is 0 Å². The van der Waals surface area contributed by atoms with Gasteiger partial charge in [0.2, 0.25) is 0 Å². The molecule has 2 rings (SSSR count). The van der Waals surface area contributed by atoms with Gasteiger partial charge in [0.25, 0.3) is 0 Å². The van der Waals surface area contributed by atoms with Gasteiger partial charge in [0, 0.05) is 0 Å². The van der Waals surface area contributed by atoms with Gasteiger partial charge in [-0.2, -0.15) is 0 Å². The minimum absolute atomic E-state index is 0.553. The Labute approximate surface area is 234 Å². The van der Waals surface area contributed by atoms with Crippen molar-refractivity contribution in [3.8, 4) is 22.6 Å². The molecule has 2 aromatic rings. The summed E-state index contributed by atoms with van der Waals surface area (Å²) in [4.78, 5) is 0. The number of rotatable bonds is 22. The molecular weight excluding hydrogens is 464 g/mol. The third-order valence-corrected chi connectivity index (χ3v) is 7.01. The molecule has 2 nitrogen and oxygen atoms in total. The number of ether oxygens (including phenoxy) is 2. The van der Waals surface area contributed by atoms with Gasteiger partial charge in [0.15, 0.2) is 0 Å². The van der Waals surface area contributed by atoms with Gasteiger partial charge in [0.05, 0.1) is 0 Å². The van der Waals surface area contributed by atoms with Crippen LogP contribution in [0.25, 0.3) is 11.1 Å². The molecule has 0 heterocycles. The van der Waals surface area contributed by atoms with Gasteiger partial charge in [0.1, 0.15) is 24.7 Å². The summed E-state index contributed by atoms with van der Waals surface area (Å²) in [5.74, 6) is 1.87. The number of benzene rings is 2. The lowest BCUT2D eigenvalue weighted by Crippen LogP contribution is -2.01. The highest BCUT2D eigenvalue weighted by atomic mass is 16.5. The van der Waals surface area contributed by atoms with Crippen molar-refractivity contribution in [1.29, 1.82) is 0 Å². The fourth-order valence-electron chi connectivity index (χ4n) is 4.76. The monoisotopic (exact) mass is 518 g/mol. The lowest BCUT2D eigenvalue weighted by Gasteiger charge is -2.14. The lowest BCUT2D eigenvalue weighted by atomic mass is 9.98. The van der Waals surface area contributed by atoms with Gasteiger partial charge >= 0.3 is 0 Å². The van der Waals surface area contributed by atoms with E-state index in [-0.39, 0.29) is 0 Å². The Morgan fingerprint density at radius 2 is 1.05 bits per heavy atom. The molecule has 38 heavy (non-hydrogen) atoms. The third kappa shape index (κ3) is 13.9. The van der Waals surface area contributed by atoms with E-state index in [4.69, 9.17) is 9.47 Å². The second-order valence-corrected chi connectivity index (χ2v) is 11.2. The van der Waals surface area contributed by atoms with E-state index in [2.05, 4.69) is 50.4 Å². The first-order valence-corrected chi connectivity index (χ1v) is 15.3. The Bertz CT molecular complexity index is 925. The zero-order chi connectivity index (χ0) is 27.4. The van der Waals surface area contributed by atoms with Crippen LogP contribution in [0, 0.1) is 0 Å². The number of unbranched alkanes of at least 4 members (excludes halogenated alkanes) is 13. The molecule has 0 radical (unpaired) electrons. The Kier molecular flexibility index (Phi) is 16.3. The second-order valence-electron chi connectivity index (χ2n) is 11.2. The molecule has 0 atom stereocenters. The van der Waals surface area contributed by atoms with Crippen molar-refractivity contribution in [1.82, 2.24) is 0 Å². The van der Waals surface area contributed by atoms with Crippen LogP contribution in [-0.2, 0) is 6.42 Å². The van der Waals surface area contributed by atoms with Gasteiger partial charge in [-0.25, -0.2) is 0 Å². The van der Waals surface area contributed by atoms with Gasteiger partial charge < -0.3 is 9.47 Å². The summed E-state index contributed by atoms with van der Waals surface area (Å²) in [6.45, 7) is 15.3. The largest absolute Gasteiger partial charge is 0.489 e. The van der Waals surface area contributed by atoms with E-state index in [1.165, 1.54) is 107 Å². The lowest BCUT2D eigenvalue weighted by molar-refractivity contribution is 0.348. The van der Waals surface area contributed by atoms with Gasteiger partial charge in [-0.3, -0.25) is 0 Å². The Morgan fingerprint density at radius 3 is 1.58 bits per heavy atom. The summed E-state index contributed by atoms with van der Waals surface area (Å²) < 4.78 is 11.9. The zero-order valence-corrected chi connectivity index (χ0v) is 24.8. The maximum Gasteiger partial charge on any atom is 0.123 e. The predicted molar refractivity (Wildman–Crippen MR) is 167 cm³/mol. The van der Waals surface area contributed by atoms with E-state index in [0.717, 1.165) is 29.1 Å². The van der Waals surface area contributed by atoms with E-state index in [9.17, 15) is 0 Å². The summed E-state index contributed by atoms with van der Waals surface area (Å²) in [5.41, 5.74) is 5.78. The number of hydrogen-bond acceptors (Lipinski definition) is 2. The zero-order valence-electron chi connectivity index (χ0n) is 24.8. The maximum absolute atomic E-state index is 6.10. The molecule has 0 aliphatic rings. The van der Waals surface area contributed by atoms with Crippen LogP contribution in [0.4, 0.5) is 0 Å². The van der Waals surface area contributed by atoms with Crippen molar-refractivity contribution in [3.05, 3.63) is 72.3 Å². The molecule has 2 heteroatoms. The van der Waals surface area contributed by atoms with Crippen LogP contribution >= 0.6 is 0 Å². The standard InChI is InChI=1S/C36H54O2/c1-6-7-8-9-10-11-12-13-14-15-16-17-18-19-20-34-27-33(23-26-36(34)38-29-31(4)5)32-21-24-35(25-22-32)37-28-30(2)3/h21-27H,2,4,6-20,28-29H2,1,3,5H3. The first-order valence-electron chi connectivity index (χ1n) is 15.3. The summed E-state index contributed by atoms with van der Waals surface area (Å²) in [7, 11) is 0. The summed E-state index contributed by atoms with van der Waals surface area (Å²) in [6.07, 6.45) is 20.4. The molecule has 0 saturated heterocycles. The van der Waals surface area contributed by atoms with Crippen molar-refractivity contribution < 1.29 is 9.47 Å². The van der Waals surface area contributed by atoms with E-state index in [1.807, 2.05) is 26.0 Å². The highest BCUT2D eigenvalue weighted by Gasteiger charge is 2.08. The first kappa shape index (κ1) is 31.7. The van der Waals surface area contributed by atoms with Crippen LogP contribution in [0.2, 0.25) is 0 Å². The SMILES string of the molecule is C=C(C)COc1ccc(-c2ccc(OCC(=C)C)c(CCCCCCCCCCCCCCCC)c2)cc1. The first-order chi connectivity index (χ1) is 18.5. The smallest absolute Gasteiger partial charge is 0.123 e. The van der Waals surface area contributed by atoms with Crippen molar-refractivity contribution in [2.24, 2.45) is 0 Å². The fraction of sp³-hybridized carbons (Fsp3) is 0.556. The van der Waals surface area contributed by atoms with Crippen LogP contribution in [0.5, 0.6) is 11.5 Å². The van der Waals surface area contributed by atoms with Crippen LogP contribution in [-0.4, -0.2) is 13.2 Å². The quantitative estimate of drug-likeness (QED) is 0.114. The Balaban J connectivity index is 1.77. The molecule has 0 unspecified atom stereocenters. The Hall–Kier alpha value is -2.48. The molecule has 0 aromatic heterocycles. The van der Waals surface area contributed by atoms with Crippen LogP contribution in [0.15, 0.2) is 66.8 Å². The molecular formula is C36H54O2. The van der Waals surface area contributed by atoms with Crippen molar-refractivity contribution >= 4 is 0 Å². The molecule has 0 amide bonds. The number of hydrogen-bond donors (Lipinski definition) is 0. The average molecular weight is 519 g/mol. The van der Waals surface area contributed by atoms with E-state index < -0.39 is 0 Å². The second kappa shape index (κ2) is 19.6. The molecule has 0 spiro atoms. The van der Waals surface area contributed by atoms with Crippen molar-refractivity contribution in [2.45, 2.75) is 117 Å². The molecule has 210 valence electrons. The highest BCUT2D eigenvalue weighted by Crippen LogP contribution is 2.30. The molecule has 2 aromatic carbocycles. The topological polar surface area (TPSA) is 18.5 Å². The van der Waals surface area contributed by atoms with E-state index in [0.29, 0.717) is 13.2 Å². The maximum atomic E-state index is 6.10. The summed E-state index contributed by atoms with van der Waals surface area (Å²) in [5, 5.41) is 0. The molecule has 0 saturated carbocycles.